The third-order valence-corrected chi connectivity index (χ3v) is 6.63. The summed E-state index contributed by atoms with van der Waals surface area (Å²) in [6.07, 6.45) is 5.76. The molecule has 1 heterocycles. The van der Waals surface area contributed by atoms with Gasteiger partial charge < -0.3 is 5.32 Å². The quantitative estimate of drug-likeness (QED) is 0.548. The van der Waals surface area contributed by atoms with Gasteiger partial charge in [-0.1, -0.05) is 25.1 Å². The molecule has 0 aliphatic rings. The molecule has 0 saturated heterocycles. The number of carbonyl (C=O) groups is 1. The summed E-state index contributed by atoms with van der Waals surface area (Å²) in [6.45, 7) is 5.70. The molecule has 0 saturated carbocycles. The maximum Gasteiger partial charge on any atom is 0.248 e. The summed E-state index contributed by atoms with van der Waals surface area (Å²) in [4.78, 5) is 17.1. The van der Waals surface area contributed by atoms with Gasteiger partial charge in [0.2, 0.25) is 15.9 Å². The number of hydrogen-bond acceptors (Lipinski definition) is 4. The molecule has 32 heavy (non-hydrogen) atoms. The van der Waals surface area contributed by atoms with Gasteiger partial charge in [-0.15, -0.1) is 0 Å². The summed E-state index contributed by atoms with van der Waals surface area (Å²) in [5, 5.41) is 2.88. The number of hydrogen-bond donors (Lipinski definition) is 1. The van der Waals surface area contributed by atoms with Crippen LogP contribution in [0.3, 0.4) is 0 Å². The van der Waals surface area contributed by atoms with Crippen molar-refractivity contribution < 1.29 is 13.2 Å². The summed E-state index contributed by atoms with van der Waals surface area (Å²) < 4.78 is 26.5. The number of benzene rings is 2. The van der Waals surface area contributed by atoms with Crippen LogP contribution in [-0.4, -0.2) is 31.6 Å². The molecule has 2 aromatic carbocycles. The number of amides is 1. The van der Waals surface area contributed by atoms with Crippen molar-refractivity contribution in [2.24, 2.45) is 0 Å². The number of pyridine rings is 1. The smallest absolute Gasteiger partial charge is 0.248 e. The Hall–Kier alpha value is -3.19. The van der Waals surface area contributed by atoms with Crippen LogP contribution >= 0.6 is 0 Å². The van der Waals surface area contributed by atoms with E-state index >= 15 is 0 Å². The van der Waals surface area contributed by atoms with Crippen LogP contribution in [0.1, 0.15) is 35.6 Å². The second-order valence-corrected chi connectivity index (χ2v) is 9.83. The van der Waals surface area contributed by atoms with Gasteiger partial charge in [0, 0.05) is 18.1 Å². The maximum atomic E-state index is 13.1. The minimum absolute atomic E-state index is 0.339. The highest BCUT2D eigenvalue weighted by atomic mass is 32.2. The first-order valence-corrected chi connectivity index (χ1v) is 12.4. The highest BCUT2D eigenvalue weighted by Crippen LogP contribution is 2.26. The number of nitrogens with zero attached hydrogens (tertiary/aromatic N) is 2. The molecule has 0 spiro atoms. The summed E-state index contributed by atoms with van der Waals surface area (Å²) in [5.74, 6) is -0.363. The fourth-order valence-corrected chi connectivity index (χ4v) is 4.79. The van der Waals surface area contributed by atoms with E-state index in [0.29, 0.717) is 17.8 Å². The lowest BCUT2D eigenvalue weighted by Crippen LogP contribution is -2.47. The third-order valence-electron chi connectivity index (χ3n) is 5.45. The molecule has 7 heteroatoms. The summed E-state index contributed by atoms with van der Waals surface area (Å²) in [6, 6.07) is 16.1. The lowest BCUT2D eigenvalue weighted by atomic mass is 10.1. The second kappa shape index (κ2) is 9.96. The van der Waals surface area contributed by atoms with E-state index in [1.54, 1.807) is 31.5 Å². The van der Waals surface area contributed by atoms with Crippen molar-refractivity contribution in [3.63, 3.8) is 0 Å². The Kier molecular flexibility index (Phi) is 7.30. The predicted octanol–water partition coefficient (Wildman–Crippen LogP) is 4.47. The normalized spacial score (nSPS) is 12.2. The summed E-state index contributed by atoms with van der Waals surface area (Å²) in [5.41, 5.74) is 5.41. The first kappa shape index (κ1) is 23.5. The molecule has 0 radical (unpaired) electrons. The van der Waals surface area contributed by atoms with Crippen molar-refractivity contribution in [2.45, 2.75) is 39.7 Å². The number of rotatable bonds is 8. The Morgan fingerprint density at radius 3 is 2.16 bits per heavy atom. The Bertz CT molecular complexity index is 1180. The van der Waals surface area contributed by atoms with Crippen molar-refractivity contribution in [3.8, 4) is 0 Å². The predicted molar refractivity (Wildman–Crippen MR) is 129 cm³/mol. The topological polar surface area (TPSA) is 79.4 Å². The number of anilines is 2. The number of aromatic nitrogens is 1. The van der Waals surface area contributed by atoms with E-state index in [1.165, 1.54) is 4.31 Å². The molecule has 1 amide bonds. The van der Waals surface area contributed by atoms with Gasteiger partial charge in [-0.3, -0.25) is 14.1 Å². The molecule has 168 valence electrons. The van der Waals surface area contributed by atoms with Crippen LogP contribution in [0.15, 0.2) is 67.0 Å². The molecular formula is C25H29N3O3S. The molecule has 3 rings (SSSR count). The van der Waals surface area contributed by atoms with Gasteiger partial charge in [0.25, 0.3) is 0 Å². The van der Waals surface area contributed by atoms with Gasteiger partial charge in [0.1, 0.15) is 6.04 Å². The van der Waals surface area contributed by atoms with Crippen molar-refractivity contribution in [1.82, 2.24) is 4.98 Å². The molecule has 0 unspecified atom stereocenters. The fraction of sp³-hybridized carbons (Fsp3) is 0.280. The van der Waals surface area contributed by atoms with Gasteiger partial charge in [-0.2, -0.15) is 0 Å². The molecular weight excluding hydrogens is 422 g/mol. The van der Waals surface area contributed by atoms with Gasteiger partial charge in [0.15, 0.2) is 0 Å². The standard InChI is InChI=1S/C25H29N3O3S/c1-5-24(28(32(4,30)31)23-11-6-18(2)19(3)16-23)25(29)27-22-9-7-20(8-10-22)17-21-12-14-26-15-13-21/h6-16,24H,5,17H2,1-4H3,(H,27,29)/t24-/m0/s1. The molecule has 0 aliphatic heterocycles. The van der Waals surface area contributed by atoms with E-state index in [1.807, 2.05) is 56.3 Å². The fourth-order valence-electron chi connectivity index (χ4n) is 3.59. The number of nitrogens with one attached hydrogen (secondary N) is 1. The first-order valence-electron chi connectivity index (χ1n) is 10.5. The van der Waals surface area contributed by atoms with Crippen LogP contribution in [0.4, 0.5) is 11.4 Å². The SMILES string of the molecule is CC[C@@H](C(=O)Nc1ccc(Cc2ccncc2)cc1)N(c1ccc(C)c(C)c1)S(C)(=O)=O. The maximum absolute atomic E-state index is 13.1. The van der Waals surface area contributed by atoms with Crippen molar-refractivity contribution in [1.29, 1.82) is 0 Å². The minimum Gasteiger partial charge on any atom is -0.324 e. The molecule has 3 aromatic rings. The van der Waals surface area contributed by atoms with Gasteiger partial charge in [-0.05, 0) is 85.3 Å². The summed E-state index contributed by atoms with van der Waals surface area (Å²) >= 11 is 0. The van der Waals surface area contributed by atoms with E-state index in [9.17, 15) is 13.2 Å². The van der Waals surface area contributed by atoms with E-state index in [0.717, 1.165) is 34.9 Å². The van der Waals surface area contributed by atoms with E-state index < -0.39 is 16.1 Å². The van der Waals surface area contributed by atoms with Crippen LogP contribution < -0.4 is 9.62 Å². The molecule has 0 aliphatic carbocycles. The van der Waals surface area contributed by atoms with Gasteiger partial charge >= 0.3 is 0 Å². The van der Waals surface area contributed by atoms with Crippen LogP contribution in [-0.2, 0) is 21.2 Å². The Balaban J connectivity index is 1.79. The van der Waals surface area contributed by atoms with Crippen LogP contribution in [0.5, 0.6) is 0 Å². The van der Waals surface area contributed by atoms with Crippen molar-refractivity contribution in [2.75, 3.05) is 15.9 Å². The van der Waals surface area contributed by atoms with Crippen LogP contribution in [0.25, 0.3) is 0 Å². The minimum atomic E-state index is -3.67. The molecule has 1 aromatic heterocycles. The van der Waals surface area contributed by atoms with Crippen molar-refractivity contribution >= 4 is 27.3 Å². The highest BCUT2D eigenvalue weighted by Gasteiger charge is 2.31. The zero-order chi connectivity index (χ0) is 23.3. The number of sulfonamides is 1. The van der Waals surface area contributed by atoms with Crippen LogP contribution in [0.2, 0.25) is 0 Å². The molecule has 6 nitrogen and oxygen atoms in total. The summed E-state index contributed by atoms with van der Waals surface area (Å²) in [7, 11) is -3.67. The molecule has 1 atom stereocenters. The van der Waals surface area contributed by atoms with Crippen LogP contribution in [0, 0.1) is 13.8 Å². The highest BCUT2D eigenvalue weighted by molar-refractivity contribution is 7.92. The average Bonchev–Trinajstić information content (AvgIpc) is 2.75. The Labute approximate surface area is 190 Å². The number of aryl methyl sites for hydroxylation is 2. The Morgan fingerprint density at radius 1 is 0.969 bits per heavy atom. The number of carbonyl (C=O) groups excluding carboxylic acids is 1. The lowest BCUT2D eigenvalue weighted by molar-refractivity contribution is -0.117. The largest absolute Gasteiger partial charge is 0.324 e. The first-order chi connectivity index (χ1) is 15.2. The second-order valence-electron chi connectivity index (χ2n) is 7.97. The zero-order valence-corrected chi connectivity index (χ0v) is 19.7. The van der Waals surface area contributed by atoms with Gasteiger partial charge in [-0.25, -0.2) is 8.42 Å². The zero-order valence-electron chi connectivity index (χ0n) is 18.9. The van der Waals surface area contributed by atoms with Gasteiger partial charge in [0.05, 0.1) is 11.9 Å². The molecule has 1 N–H and O–H groups in total. The molecule has 0 fully saturated rings. The monoisotopic (exact) mass is 451 g/mol. The Morgan fingerprint density at radius 2 is 1.59 bits per heavy atom. The molecule has 0 bridgehead atoms. The van der Waals surface area contributed by atoms with Crippen molar-refractivity contribution in [3.05, 3.63) is 89.2 Å². The lowest BCUT2D eigenvalue weighted by Gasteiger charge is -2.30. The van der Waals surface area contributed by atoms with E-state index in [-0.39, 0.29) is 5.91 Å². The average molecular weight is 452 g/mol. The van der Waals surface area contributed by atoms with E-state index in [4.69, 9.17) is 0 Å². The van der Waals surface area contributed by atoms with E-state index in [2.05, 4.69) is 10.3 Å². The third kappa shape index (κ3) is 5.73.